The average Bonchev–Trinajstić information content (AvgIpc) is 3.63. The van der Waals surface area contributed by atoms with Gasteiger partial charge < -0.3 is 39.0 Å². The Hall–Kier alpha value is -3.84. The third kappa shape index (κ3) is 5.50. The van der Waals surface area contributed by atoms with Crippen LogP contribution in [-0.4, -0.2) is 108 Å². The van der Waals surface area contributed by atoms with E-state index in [-0.39, 0.29) is 37.1 Å². The van der Waals surface area contributed by atoms with E-state index in [1.165, 1.54) is 11.8 Å². The van der Waals surface area contributed by atoms with Gasteiger partial charge in [-0.3, -0.25) is 14.5 Å². The van der Waals surface area contributed by atoms with Crippen molar-refractivity contribution in [1.82, 2.24) is 15.1 Å². The lowest BCUT2D eigenvalue weighted by atomic mass is 9.50. The smallest absolute Gasteiger partial charge is 0.410 e. The van der Waals surface area contributed by atoms with Crippen LogP contribution >= 0.6 is 0 Å². The molecular formula is C34H45N3O10. The number of ether oxygens (including phenoxy) is 5. The molecule has 5 aliphatic rings. The second-order valence-electron chi connectivity index (χ2n) is 14.2. The Morgan fingerprint density at radius 2 is 1.96 bits per heavy atom. The van der Waals surface area contributed by atoms with E-state index in [9.17, 15) is 24.3 Å². The monoisotopic (exact) mass is 655 g/mol. The zero-order valence-corrected chi connectivity index (χ0v) is 27.9. The molecule has 0 aromatic heterocycles. The number of esters is 2. The quantitative estimate of drug-likeness (QED) is 0.314. The molecule has 256 valence electrons. The number of hydrogen-bond acceptors (Lipinski definition) is 11. The first-order valence-electron chi connectivity index (χ1n) is 16.4. The Balaban J connectivity index is 1.07. The highest BCUT2D eigenvalue weighted by molar-refractivity contribution is 5.86. The fraction of sp³-hybridized carbons (Fsp3) is 0.647. The molecule has 3 heterocycles. The number of hydrogen-bond donors (Lipinski definition) is 2. The Kier molecular flexibility index (Phi) is 8.44. The molecule has 1 spiro atoms. The highest BCUT2D eigenvalue weighted by atomic mass is 16.6. The number of likely N-dealkylation sites (N-methyl/N-ethyl adjacent to an activating group) is 1. The Morgan fingerprint density at radius 3 is 2.68 bits per heavy atom. The minimum Gasteiger partial charge on any atom is -0.493 e. The highest BCUT2D eigenvalue weighted by Gasteiger charge is 2.72. The predicted molar refractivity (Wildman–Crippen MR) is 167 cm³/mol. The van der Waals surface area contributed by atoms with Crippen molar-refractivity contribution in [2.24, 2.45) is 0 Å². The van der Waals surface area contributed by atoms with Crippen molar-refractivity contribution < 1.29 is 48.0 Å². The van der Waals surface area contributed by atoms with Crippen molar-refractivity contribution in [3.63, 3.8) is 0 Å². The molecule has 47 heavy (non-hydrogen) atoms. The number of benzene rings is 1. The van der Waals surface area contributed by atoms with Gasteiger partial charge in [0, 0.05) is 31.1 Å². The lowest BCUT2D eigenvalue weighted by Crippen LogP contribution is -2.74. The van der Waals surface area contributed by atoms with Crippen molar-refractivity contribution in [3.8, 4) is 11.5 Å². The summed E-state index contributed by atoms with van der Waals surface area (Å²) in [6.07, 6.45) is 1.66. The molecule has 6 rings (SSSR count). The van der Waals surface area contributed by atoms with Gasteiger partial charge in [0.2, 0.25) is 5.91 Å². The van der Waals surface area contributed by atoms with Crippen LogP contribution in [0.1, 0.15) is 70.9 Å². The molecule has 2 aliphatic carbocycles. The second-order valence-corrected chi connectivity index (χ2v) is 14.2. The number of piperidine rings is 1. The van der Waals surface area contributed by atoms with Gasteiger partial charge in [0.15, 0.2) is 23.7 Å². The van der Waals surface area contributed by atoms with E-state index >= 15 is 0 Å². The van der Waals surface area contributed by atoms with Gasteiger partial charge in [0.25, 0.3) is 0 Å². The minimum atomic E-state index is -1.24. The summed E-state index contributed by atoms with van der Waals surface area (Å²) in [5.41, 5.74) is -0.657. The number of aliphatic hydroxyl groups is 1. The maximum Gasteiger partial charge on any atom is 0.410 e. The number of amides is 2. The summed E-state index contributed by atoms with van der Waals surface area (Å²) in [5, 5.41) is 15.0. The third-order valence-corrected chi connectivity index (χ3v) is 10.2. The zero-order valence-electron chi connectivity index (χ0n) is 27.9. The van der Waals surface area contributed by atoms with Crippen LogP contribution in [-0.2, 0) is 40.4 Å². The number of nitrogens with one attached hydrogen (secondary N) is 1. The third-order valence-electron chi connectivity index (χ3n) is 10.2. The van der Waals surface area contributed by atoms with Crippen LogP contribution < -0.4 is 14.8 Å². The van der Waals surface area contributed by atoms with Gasteiger partial charge in [-0.25, -0.2) is 9.59 Å². The van der Waals surface area contributed by atoms with Gasteiger partial charge in [-0.2, -0.15) is 0 Å². The summed E-state index contributed by atoms with van der Waals surface area (Å²) in [5.74, 6) is -0.461. The van der Waals surface area contributed by atoms with Gasteiger partial charge in [0.1, 0.15) is 17.4 Å². The molecule has 2 saturated heterocycles. The van der Waals surface area contributed by atoms with E-state index in [4.69, 9.17) is 23.7 Å². The van der Waals surface area contributed by atoms with Crippen molar-refractivity contribution >= 4 is 23.9 Å². The predicted octanol–water partition coefficient (Wildman–Crippen LogP) is 2.35. The van der Waals surface area contributed by atoms with Gasteiger partial charge in [-0.1, -0.05) is 6.07 Å². The largest absolute Gasteiger partial charge is 0.493 e. The molecule has 0 saturated carbocycles. The molecule has 3 aliphatic heterocycles. The SMILES string of the molecule is COc1ccc2c3c1O[C@H]1C(OC(=O)C(C)OC(=O)CCNC(=O)C4CCCN4C(=O)OC(C)(C)C)=CC[C@@]4(O)[C@@H](C2)N(C)CC[C@]314. The number of rotatable bonds is 8. The summed E-state index contributed by atoms with van der Waals surface area (Å²) in [6, 6.07) is 3.07. The Morgan fingerprint density at radius 1 is 1.19 bits per heavy atom. The van der Waals surface area contributed by atoms with E-state index in [0.29, 0.717) is 43.7 Å². The molecule has 2 fully saturated rings. The van der Waals surface area contributed by atoms with E-state index in [1.807, 2.05) is 19.2 Å². The molecule has 6 atom stereocenters. The van der Waals surface area contributed by atoms with E-state index in [1.54, 1.807) is 34.0 Å². The fourth-order valence-corrected chi connectivity index (χ4v) is 8.08. The summed E-state index contributed by atoms with van der Waals surface area (Å²) < 4.78 is 28.8. The number of methoxy groups -OCH3 is 1. The number of likely N-dealkylation sites (tertiary alicyclic amines) is 2. The fourth-order valence-electron chi connectivity index (χ4n) is 8.08. The molecular weight excluding hydrogens is 610 g/mol. The van der Waals surface area contributed by atoms with Crippen molar-refractivity contribution in [2.75, 3.05) is 33.8 Å². The van der Waals surface area contributed by atoms with Gasteiger partial charge in [0.05, 0.1) is 24.5 Å². The number of nitrogens with zero attached hydrogens (tertiary/aromatic N) is 2. The molecule has 1 aromatic carbocycles. The van der Waals surface area contributed by atoms with Crippen molar-refractivity contribution in [2.45, 2.75) is 107 Å². The van der Waals surface area contributed by atoms with E-state index in [2.05, 4.69) is 10.2 Å². The molecule has 2 unspecified atom stereocenters. The Labute approximate surface area is 274 Å². The van der Waals surface area contributed by atoms with Crippen molar-refractivity contribution in [1.29, 1.82) is 0 Å². The van der Waals surface area contributed by atoms with Crippen LogP contribution in [0.3, 0.4) is 0 Å². The standard InChI is InChI=1S/C34H45N3O10/c1-19(44-25(38)12-15-35-29(39)21-8-7-16-37(21)31(41)47-32(2,3)4)30(40)45-23-11-13-34(42)24-18-20-9-10-22(43-6)27-26(20)33(34,28(23)46-27)14-17-36(24)5/h9-11,19,21,24,28,42H,7-8,12-18H2,1-6H3,(H,35,39)/t19?,21?,24-,28+,33+,34-/m1/s1. The van der Waals surface area contributed by atoms with Crippen LogP contribution in [0, 0.1) is 0 Å². The Bertz CT molecular complexity index is 1500. The maximum absolute atomic E-state index is 13.2. The summed E-state index contributed by atoms with van der Waals surface area (Å²) in [7, 11) is 3.59. The summed E-state index contributed by atoms with van der Waals surface area (Å²) >= 11 is 0. The van der Waals surface area contributed by atoms with Gasteiger partial charge in [-0.15, -0.1) is 0 Å². The van der Waals surface area contributed by atoms with Gasteiger partial charge in [-0.05, 0) is 84.7 Å². The van der Waals surface area contributed by atoms with Gasteiger partial charge >= 0.3 is 18.0 Å². The normalized spacial score (nSPS) is 29.6. The van der Waals surface area contributed by atoms with Crippen LogP contribution in [0.4, 0.5) is 4.79 Å². The highest BCUT2D eigenvalue weighted by Crippen LogP contribution is 2.65. The second kappa shape index (κ2) is 12.0. The molecule has 0 radical (unpaired) electrons. The van der Waals surface area contributed by atoms with Crippen LogP contribution in [0.15, 0.2) is 24.0 Å². The molecule has 1 aromatic rings. The molecule has 2 amide bonds. The van der Waals surface area contributed by atoms with E-state index < -0.39 is 52.9 Å². The molecule has 13 nitrogen and oxygen atoms in total. The lowest BCUT2D eigenvalue weighted by Gasteiger charge is -2.61. The average molecular weight is 656 g/mol. The summed E-state index contributed by atoms with van der Waals surface area (Å²) in [6.45, 7) is 7.82. The number of carbonyl (C=O) groups is 4. The lowest BCUT2D eigenvalue weighted by molar-refractivity contribution is -0.175. The summed E-state index contributed by atoms with van der Waals surface area (Å²) in [4.78, 5) is 54.8. The minimum absolute atomic E-state index is 0.0295. The zero-order chi connectivity index (χ0) is 33.9. The topological polar surface area (TPSA) is 153 Å². The molecule has 13 heteroatoms. The van der Waals surface area contributed by atoms with Crippen LogP contribution in [0.25, 0.3) is 0 Å². The first-order valence-corrected chi connectivity index (χ1v) is 16.4. The van der Waals surface area contributed by atoms with Crippen molar-refractivity contribution in [3.05, 3.63) is 35.1 Å². The van der Waals surface area contributed by atoms with Crippen LogP contribution in [0.5, 0.6) is 11.5 Å². The molecule has 2 N–H and O–H groups in total. The molecule has 2 bridgehead atoms. The first-order chi connectivity index (χ1) is 22.2. The first kappa shape index (κ1) is 33.1. The number of carbonyl (C=O) groups excluding carboxylic acids is 4. The van der Waals surface area contributed by atoms with E-state index in [0.717, 1.165) is 17.7 Å². The maximum atomic E-state index is 13.2. The van der Waals surface area contributed by atoms with Crippen LogP contribution in [0.2, 0.25) is 0 Å².